The molecule has 3 N–H and O–H groups in total. The topological polar surface area (TPSA) is 92.1 Å². The molecule has 24 heavy (non-hydrogen) atoms. The van der Waals surface area contributed by atoms with Gasteiger partial charge < -0.3 is 10.6 Å². The van der Waals surface area contributed by atoms with Gasteiger partial charge in [0.05, 0.1) is 6.42 Å². The number of aromatic amines is 1. The van der Waals surface area contributed by atoms with Crippen molar-refractivity contribution in [3.63, 3.8) is 0 Å². The van der Waals surface area contributed by atoms with E-state index >= 15 is 0 Å². The largest absolute Gasteiger partial charge is 0.364 e. The Morgan fingerprint density at radius 2 is 2.04 bits per heavy atom. The molecular formula is C18H22N4O2. The average molecular weight is 326 g/mol. The third kappa shape index (κ3) is 3.64. The molecule has 0 aliphatic carbocycles. The fraction of sp³-hybridized carbons (Fsp3) is 0.389. The first-order valence-electron chi connectivity index (χ1n) is 8.21. The van der Waals surface area contributed by atoms with Crippen LogP contribution < -0.4 is 5.73 Å². The number of nitrogens with two attached hydrogens (primary N) is 1. The number of primary amides is 1. The van der Waals surface area contributed by atoms with E-state index < -0.39 is 5.91 Å². The lowest BCUT2D eigenvalue weighted by Gasteiger charge is -2.31. The van der Waals surface area contributed by atoms with E-state index in [1.807, 2.05) is 30.0 Å². The number of hydrogen-bond acceptors (Lipinski definition) is 3. The van der Waals surface area contributed by atoms with Crippen molar-refractivity contribution in [2.45, 2.75) is 32.1 Å². The summed E-state index contributed by atoms with van der Waals surface area (Å²) < 4.78 is 0. The summed E-state index contributed by atoms with van der Waals surface area (Å²) in [5.41, 5.74) is 8.65. The number of nitrogens with one attached hydrogen (secondary N) is 1. The molecule has 0 radical (unpaired) electrons. The molecule has 6 heteroatoms. The zero-order chi connectivity index (χ0) is 17.1. The van der Waals surface area contributed by atoms with Gasteiger partial charge >= 0.3 is 0 Å². The first kappa shape index (κ1) is 16.2. The third-order valence-corrected chi connectivity index (χ3v) is 4.58. The fourth-order valence-electron chi connectivity index (χ4n) is 3.22. The van der Waals surface area contributed by atoms with E-state index in [4.69, 9.17) is 5.73 Å². The first-order chi connectivity index (χ1) is 11.5. The minimum atomic E-state index is -0.525. The number of aromatic nitrogens is 2. The van der Waals surface area contributed by atoms with Crippen molar-refractivity contribution in [2.24, 2.45) is 5.73 Å². The van der Waals surface area contributed by atoms with Crippen LogP contribution in [0.15, 0.2) is 30.3 Å². The van der Waals surface area contributed by atoms with Crippen LogP contribution in [0.5, 0.6) is 0 Å². The van der Waals surface area contributed by atoms with Gasteiger partial charge in [0.15, 0.2) is 0 Å². The minimum Gasteiger partial charge on any atom is -0.364 e. The molecule has 1 saturated heterocycles. The van der Waals surface area contributed by atoms with Crippen molar-refractivity contribution in [1.82, 2.24) is 15.1 Å². The van der Waals surface area contributed by atoms with Crippen molar-refractivity contribution < 1.29 is 9.59 Å². The molecule has 0 atom stereocenters. The molecule has 1 fully saturated rings. The third-order valence-electron chi connectivity index (χ3n) is 4.58. The lowest BCUT2D eigenvalue weighted by Crippen LogP contribution is -2.38. The van der Waals surface area contributed by atoms with E-state index in [1.165, 1.54) is 5.56 Å². The Balaban J connectivity index is 1.56. The quantitative estimate of drug-likeness (QED) is 0.897. The Hall–Kier alpha value is -2.63. The molecule has 0 spiro atoms. The Morgan fingerprint density at radius 1 is 1.29 bits per heavy atom. The molecule has 2 aromatic rings. The summed E-state index contributed by atoms with van der Waals surface area (Å²) in [6.07, 6.45) is 2.17. The number of aryl methyl sites for hydroxylation is 1. The zero-order valence-electron chi connectivity index (χ0n) is 13.8. The maximum atomic E-state index is 12.5. The second-order valence-electron chi connectivity index (χ2n) is 6.39. The van der Waals surface area contributed by atoms with Crippen molar-refractivity contribution >= 4 is 11.8 Å². The fourth-order valence-corrected chi connectivity index (χ4v) is 3.22. The lowest BCUT2D eigenvalue weighted by atomic mass is 9.93. The highest BCUT2D eigenvalue weighted by molar-refractivity contribution is 5.90. The van der Waals surface area contributed by atoms with Crippen LogP contribution in [0.25, 0.3) is 0 Å². The zero-order valence-corrected chi connectivity index (χ0v) is 13.8. The Labute approximate surface area is 141 Å². The van der Waals surface area contributed by atoms with Crippen molar-refractivity contribution in [3.05, 3.63) is 52.8 Å². The van der Waals surface area contributed by atoms with Gasteiger partial charge in [0.2, 0.25) is 5.91 Å². The summed E-state index contributed by atoms with van der Waals surface area (Å²) >= 11 is 0. The molecular weight excluding hydrogens is 304 g/mol. The van der Waals surface area contributed by atoms with Crippen LogP contribution in [0.4, 0.5) is 0 Å². The molecule has 1 aromatic carbocycles. The van der Waals surface area contributed by atoms with Gasteiger partial charge in [-0.1, -0.05) is 29.8 Å². The average Bonchev–Trinajstić information content (AvgIpc) is 3.05. The number of carbonyl (C=O) groups is 2. The molecule has 2 amide bonds. The maximum Gasteiger partial charge on any atom is 0.269 e. The number of rotatable bonds is 4. The summed E-state index contributed by atoms with van der Waals surface area (Å²) in [6, 6.07) is 9.79. The van der Waals surface area contributed by atoms with E-state index in [2.05, 4.69) is 16.3 Å². The van der Waals surface area contributed by atoms with Crippen molar-refractivity contribution in [2.75, 3.05) is 13.1 Å². The van der Waals surface area contributed by atoms with Gasteiger partial charge in [-0.25, -0.2) is 0 Å². The minimum absolute atomic E-state index is 0.168. The summed E-state index contributed by atoms with van der Waals surface area (Å²) in [4.78, 5) is 25.5. The van der Waals surface area contributed by atoms with E-state index in [-0.39, 0.29) is 17.5 Å². The van der Waals surface area contributed by atoms with Crippen molar-refractivity contribution in [1.29, 1.82) is 0 Å². The summed E-state index contributed by atoms with van der Waals surface area (Å²) in [6.45, 7) is 3.48. The van der Waals surface area contributed by atoms with E-state index in [9.17, 15) is 9.59 Å². The number of carbonyl (C=O) groups excluding carboxylic acids is 2. The van der Waals surface area contributed by atoms with Gasteiger partial charge in [0.25, 0.3) is 5.91 Å². The molecule has 1 aromatic heterocycles. The Bertz CT molecular complexity index is 745. The van der Waals surface area contributed by atoms with Crippen molar-refractivity contribution in [3.8, 4) is 0 Å². The number of hydrogen-bond donors (Lipinski definition) is 2. The van der Waals surface area contributed by atoms with E-state index in [0.717, 1.165) is 37.2 Å². The Morgan fingerprint density at radius 3 is 2.67 bits per heavy atom. The molecule has 1 aliphatic heterocycles. The van der Waals surface area contributed by atoms with Crippen LogP contribution in [0.1, 0.15) is 46.1 Å². The van der Waals surface area contributed by atoms with E-state index in [0.29, 0.717) is 6.42 Å². The van der Waals surface area contributed by atoms with Gasteiger partial charge in [-0.3, -0.25) is 14.7 Å². The monoisotopic (exact) mass is 326 g/mol. The predicted molar refractivity (Wildman–Crippen MR) is 90.5 cm³/mol. The van der Waals surface area contributed by atoms with Gasteiger partial charge in [-0.05, 0) is 31.4 Å². The van der Waals surface area contributed by atoms with Gasteiger partial charge in [0.1, 0.15) is 5.69 Å². The summed E-state index contributed by atoms with van der Waals surface area (Å²) in [7, 11) is 0. The smallest absolute Gasteiger partial charge is 0.269 e. The molecule has 3 rings (SSSR count). The maximum absolute atomic E-state index is 12.5. The molecule has 0 unspecified atom stereocenters. The normalized spacial score (nSPS) is 15.5. The van der Waals surface area contributed by atoms with Gasteiger partial charge in [0, 0.05) is 24.7 Å². The molecule has 2 heterocycles. The second kappa shape index (κ2) is 6.86. The van der Waals surface area contributed by atoms with Crippen LogP contribution in [0.3, 0.4) is 0 Å². The standard InChI is InChI=1S/C18H22N4O2/c1-12-3-2-4-13(9-12)10-17(23)22-7-5-14(6-8-22)15-11-16(18(19)24)21-20-15/h2-4,9,11,14H,5-8,10H2,1H3,(H2,19,24)(H,20,21). The highest BCUT2D eigenvalue weighted by atomic mass is 16.2. The van der Waals surface area contributed by atoms with Gasteiger partial charge in [-0.15, -0.1) is 0 Å². The van der Waals surface area contributed by atoms with Crippen LogP contribution in [-0.2, 0) is 11.2 Å². The lowest BCUT2D eigenvalue weighted by molar-refractivity contribution is -0.131. The van der Waals surface area contributed by atoms with Crippen LogP contribution in [0, 0.1) is 6.92 Å². The highest BCUT2D eigenvalue weighted by Gasteiger charge is 2.25. The summed E-state index contributed by atoms with van der Waals surface area (Å²) in [5, 5.41) is 6.82. The second-order valence-corrected chi connectivity index (χ2v) is 6.39. The highest BCUT2D eigenvalue weighted by Crippen LogP contribution is 2.27. The number of amides is 2. The predicted octanol–water partition coefficient (Wildman–Crippen LogP) is 1.77. The SMILES string of the molecule is Cc1cccc(CC(=O)N2CCC(c3cc(C(N)=O)n[nH]3)CC2)c1. The number of piperidine rings is 1. The molecule has 6 nitrogen and oxygen atoms in total. The number of nitrogens with zero attached hydrogens (tertiary/aromatic N) is 2. The van der Waals surface area contributed by atoms with Crippen LogP contribution in [-0.4, -0.2) is 40.0 Å². The summed E-state index contributed by atoms with van der Waals surface area (Å²) in [5.74, 6) is -0.0710. The van der Waals surface area contributed by atoms with Crippen LogP contribution in [0.2, 0.25) is 0 Å². The molecule has 1 aliphatic rings. The van der Waals surface area contributed by atoms with Crippen LogP contribution >= 0.6 is 0 Å². The molecule has 0 bridgehead atoms. The van der Waals surface area contributed by atoms with Gasteiger partial charge in [-0.2, -0.15) is 5.10 Å². The number of likely N-dealkylation sites (tertiary alicyclic amines) is 1. The number of benzene rings is 1. The first-order valence-corrected chi connectivity index (χ1v) is 8.21. The Kier molecular flexibility index (Phi) is 4.64. The molecule has 126 valence electrons. The number of H-pyrrole nitrogens is 1. The van der Waals surface area contributed by atoms with E-state index in [1.54, 1.807) is 6.07 Å². The molecule has 0 saturated carbocycles.